The van der Waals surface area contributed by atoms with Gasteiger partial charge >= 0.3 is 39.5 Å². The Balaban J connectivity index is 3.39. The van der Waals surface area contributed by atoms with Gasteiger partial charge < -0.3 is 4.74 Å². The van der Waals surface area contributed by atoms with E-state index in [1.54, 1.807) is 0 Å². The molecule has 0 bridgehead atoms. The first kappa shape index (κ1) is 30.4. The Morgan fingerprint density at radius 3 is 1.62 bits per heavy atom. The molecule has 34 heavy (non-hydrogen) atoms. The Morgan fingerprint density at radius 1 is 0.794 bits per heavy atom. The van der Waals surface area contributed by atoms with E-state index in [4.69, 9.17) is 4.74 Å². The predicted octanol–water partition coefficient (Wildman–Crippen LogP) is 5.71. The SMILES string of the molecule is COc1ccc(S(C)(C)OS(=O)(=O)C(F)(F)C(F)(F)C(F)(F)C(F)(F)OC(F)C(F)(F)F)cc1. The van der Waals surface area contributed by atoms with Gasteiger partial charge in [-0.3, -0.25) is 4.74 Å². The van der Waals surface area contributed by atoms with Crippen molar-refractivity contribution < 1.29 is 74.2 Å². The summed E-state index contributed by atoms with van der Waals surface area (Å²) in [6.07, 6.45) is -17.5. The first-order valence-corrected chi connectivity index (χ1v) is 11.9. The predicted molar refractivity (Wildman–Crippen MR) is 92.5 cm³/mol. The number of alkyl halides is 12. The fourth-order valence-electron chi connectivity index (χ4n) is 2.00. The average Bonchev–Trinajstić information content (AvgIpc) is 2.65. The zero-order valence-corrected chi connectivity index (χ0v) is 18.4. The van der Waals surface area contributed by atoms with Gasteiger partial charge in [-0.25, -0.2) is 8.02 Å². The van der Waals surface area contributed by atoms with Crippen LogP contribution in [0.1, 0.15) is 0 Å². The number of ether oxygens (including phenoxy) is 2. The molecule has 1 atom stereocenters. The number of methoxy groups -OCH3 is 1. The van der Waals surface area contributed by atoms with E-state index in [9.17, 15) is 61.1 Å². The molecule has 0 heterocycles. The van der Waals surface area contributed by atoms with Gasteiger partial charge in [0.15, 0.2) is 0 Å². The Labute approximate surface area is 185 Å². The number of hydrogen-bond acceptors (Lipinski definition) is 5. The van der Waals surface area contributed by atoms with Crippen molar-refractivity contribution in [3.05, 3.63) is 24.3 Å². The molecule has 0 fully saturated rings. The number of hydrogen-bond donors (Lipinski definition) is 0. The minimum absolute atomic E-state index is 0.158. The lowest BCUT2D eigenvalue weighted by molar-refractivity contribution is -0.452. The van der Waals surface area contributed by atoms with Crippen LogP contribution in [0.25, 0.3) is 0 Å². The van der Waals surface area contributed by atoms with Gasteiger partial charge in [0, 0.05) is 4.90 Å². The van der Waals surface area contributed by atoms with E-state index >= 15 is 0 Å². The number of halogens is 12. The molecule has 1 rings (SSSR count). The van der Waals surface area contributed by atoms with Crippen LogP contribution in [0.3, 0.4) is 0 Å². The summed E-state index contributed by atoms with van der Waals surface area (Å²) in [7, 11) is -9.53. The van der Waals surface area contributed by atoms with Crippen LogP contribution in [0.15, 0.2) is 29.2 Å². The summed E-state index contributed by atoms with van der Waals surface area (Å²) >= 11 is 0. The van der Waals surface area contributed by atoms with Crippen LogP contribution >= 0.6 is 10.3 Å². The molecule has 0 aliphatic rings. The molecule has 0 saturated carbocycles. The highest BCUT2D eigenvalue weighted by Crippen LogP contribution is 2.59. The molecule has 200 valence electrons. The lowest BCUT2D eigenvalue weighted by Crippen LogP contribution is -2.65. The molecule has 1 unspecified atom stereocenters. The third-order valence-corrected chi connectivity index (χ3v) is 8.20. The van der Waals surface area contributed by atoms with Gasteiger partial charge in [0.2, 0.25) is 0 Å². The van der Waals surface area contributed by atoms with Crippen molar-refractivity contribution >= 4 is 20.4 Å². The van der Waals surface area contributed by atoms with E-state index in [0.717, 1.165) is 36.8 Å². The van der Waals surface area contributed by atoms with Crippen LogP contribution in [-0.2, 0) is 18.5 Å². The molecule has 1 aromatic rings. The molecule has 0 amide bonds. The smallest absolute Gasteiger partial charge is 0.445 e. The fraction of sp³-hybridized carbons (Fsp3) is 0.600. The van der Waals surface area contributed by atoms with Crippen molar-refractivity contribution in [1.82, 2.24) is 0 Å². The summed E-state index contributed by atoms with van der Waals surface area (Å²) in [6, 6.07) is 4.34. The van der Waals surface area contributed by atoms with Crippen LogP contribution in [0, 0.1) is 0 Å². The highest BCUT2D eigenvalue weighted by atomic mass is 32.3. The van der Waals surface area contributed by atoms with Crippen molar-refractivity contribution in [1.29, 1.82) is 0 Å². The Morgan fingerprint density at radius 2 is 1.24 bits per heavy atom. The second kappa shape index (κ2) is 9.12. The van der Waals surface area contributed by atoms with E-state index in [1.165, 1.54) is 7.11 Å². The largest absolute Gasteiger partial charge is 0.497 e. The Hall–Kier alpha value is -1.60. The van der Waals surface area contributed by atoms with E-state index in [1.807, 2.05) is 4.74 Å². The van der Waals surface area contributed by atoms with Crippen LogP contribution in [0.5, 0.6) is 5.75 Å². The first-order valence-electron chi connectivity index (χ1n) is 8.10. The topological polar surface area (TPSA) is 61.8 Å². The van der Waals surface area contributed by atoms with Crippen molar-refractivity contribution in [2.75, 3.05) is 19.6 Å². The lowest BCUT2D eigenvalue weighted by atomic mass is 10.1. The van der Waals surface area contributed by atoms with Gasteiger partial charge in [0.25, 0.3) is 6.36 Å². The maximum Gasteiger partial charge on any atom is 0.445 e. The molecular weight excluding hydrogens is 552 g/mol. The Bertz CT molecular complexity index is 961. The lowest BCUT2D eigenvalue weighted by Gasteiger charge is -2.38. The van der Waals surface area contributed by atoms with Gasteiger partial charge in [0.05, 0.1) is 7.11 Å². The van der Waals surface area contributed by atoms with Crippen LogP contribution in [0.4, 0.5) is 52.7 Å². The second-order valence-electron chi connectivity index (χ2n) is 6.59. The molecule has 19 heteroatoms. The van der Waals surface area contributed by atoms with Crippen molar-refractivity contribution in [3.8, 4) is 5.75 Å². The molecule has 0 saturated heterocycles. The molecule has 0 aliphatic heterocycles. The zero-order valence-electron chi connectivity index (χ0n) is 16.8. The summed E-state index contributed by atoms with van der Waals surface area (Å²) in [6.45, 7) is 0. The molecule has 0 aliphatic carbocycles. The molecular formula is C15H14F12O5S2. The van der Waals surface area contributed by atoms with E-state index < -0.39 is 56.2 Å². The van der Waals surface area contributed by atoms with Crippen LogP contribution < -0.4 is 4.74 Å². The van der Waals surface area contributed by atoms with Crippen molar-refractivity contribution in [2.45, 2.75) is 40.6 Å². The summed E-state index contributed by atoms with van der Waals surface area (Å²) in [5.41, 5.74) is 0. The van der Waals surface area contributed by atoms with Crippen molar-refractivity contribution in [3.63, 3.8) is 0 Å². The maximum atomic E-state index is 14.1. The standard InChI is InChI=1S/C15H14F12O5S2/c1-30-8-4-6-9(7-5-8)33(2,3)32-34(28,29)15(26,27)13(22,23)12(20,21)14(24,25)31-10(16)11(17,18)19/h4-7,10H,1-3H3. The van der Waals surface area contributed by atoms with Crippen LogP contribution in [-0.4, -0.2) is 63.8 Å². The third kappa shape index (κ3) is 5.46. The van der Waals surface area contributed by atoms with Gasteiger partial charge in [-0.1, -0.05) is 10.3 Å². The highest BCUT2D eigenvalue weighted by molar-refractivity contribution is 8.32. The third-order valence-electron chi connectivity index (χ3n) is 3.83. The Kier molecular flexibility index (Phi) is 8.16. The van der Waals surface area contributed by atoms with Crippen LogP contribution in [0.2, 0.25) is 0 Å². The zero-order chi connectivity index (χ0) is 27.2. The highest BCUT2D eigenvalue weighted by Gasteiger charge is 2.86. The summed E-state index contributed by atoms with van der Waals surface area (Å²) in [4.78, 5) is -0.248. The minimum Gasteiger partial charge on any atom is -0.497 e. The molecule has 1 aromatic carbocycles. The average molecular weight is 566 g/mol. The van der Waals surface area contributed by atoms with Gasteiger partial charge in [0.1, 0.15) is 5.75 Å². The summed E-state index contributed by atoms with van der Waals surface area (Å²) < 4.78 is 193. The summed E-state index contributed by atoms with van der Waals surface area (Å²) in [5, 5.41) is -7.17. The maximum absolute atomic E-state index is 14.1. The molecule has 0 spiro atoms. The molecule has 0 radical (unpaired) electrons. The summed E-state index contributed by atoms with van der Waals surface area (Å²) in [5.74, 6) is -15.2. The monoisotopic (exact) mass is 566 g/mol. The van der Waals surface area contributed by atoms with E-state index in [0.29, 0.717) is 0 Å². The van der Waals surface area contributed by atoms with Gasteiger partial charge in [-0.2, -0.15) is 56.7 Å². The van der Waals surface area contributed by atoms with Crippen molar-refractivity contribution in [2.24, 2.45) is 0 Å². The molecule has 5 nitrogen and oxygen atoms in total. The molecule has 0 aromatic heterocycles. The second-order valence-corrected chi connectivity index (χ2v) is 11.5. The minimum atomic E-state index is -7.69. The number of benzene rings is 1. The number of rotatable bonds is 10. The van der Waals surface area contributed by atoms with Gasteiger partial charge in [-0.15, -0.1) is 0 Å². The van der Waals surface area contributed by atoms with E-state index in [2.05, 4.69) is 3.63 Å². The quantitative estimate of drug-likeness (QED) is 0.340. The fourth-order valence-corrected chi connectivity index (χ4v) is 5.68. The van der Waals surface area contributed by atoms with Gasteiger partial charge in [-0.05, 0) is 36.8 Å². The first-order chi connectivity index (χ1) is 14.9. The van der Waals surface area contributed by atoms with E-state index in [-0.39, 0.29) is 10.6 Å². The normalized spacial score (nSPS) is 16.3. The molecule has 0 N–H and O–H groups in total.